The number of rotatable bonds is 5. The zero-order valence-electron chi connectivity index (χ0n) is 9.69. The number of carbonyl (C=O) groups is 2. The van der Waals surface area contributed by atoms with Crippen molar-refractivity contribution in [2.24, 2.45) is 0 Å². The van der Waals surface area contributed by atoms with E-state index in [1.807, 2.05) is 0 Å². The molecule has 0 aromatic heterocycles. The molecule has 1 unspecified atom stereocenters. The Morgan fingerprint density at radius 1 is 1.42 bits per heavy atom. The summed E-state index contributed by atoms with van der Waals surface area (Å²) in [4.78, 5) is 22.2. The Morgan fingerprint density at radius 2 is 2.11 bits per heavy atom. The van der Waals surface area contributed by atoms with Gasteiger partial charge in [-0.3, -0.25) is 0 Å². The maximum absolute atomic E-state index is 12.9. The summed E-state index contributed by atoms with van der Waals surface area (Å²) in [5, 5.41) is 21.7. The molecule has 0 aliphatic rings. The lowest BCUT2D eigenvalue weighted by molar-refractivity contribution is -0.139. The van der Waals surface area contributed by atoms with Crippen LogP contribution in [0.25, 0.3) is 0 Å². The van der Waals surface area contributed by atoms with Crippen molar-refractivity contribution in [3.63, 3.8) is 0 Å². The summed E-state index contributed by atoms with van der Waals surface area (Å²) in [6.07, 6.45) is -0.118. The summed E-state index contributed by atoms with van der Waals surface area (Å²) in [6.45, 7) is -0.375. The van der Waals surface area contributed by atoms with E-state index in [9.17, 15) is 14.0 Å². The van der Waals surface area contributed by atoms with Gasteiger partial charge in [0.2, 0.25) is 0 Å². The van der Waals surface area contributed by atoms with Crippen LogP contribution in [-0.2, 0) is 4.79 Å². The molecule has 4 N–H and O–H groups in total. The first kappa shape index (κ1) is 15.2. The molecule has 0 heterocycles. The van der Waals surface area contributed by atoms with Crippen LogP contribution in [0.3, 0.4) is 0 Å². The van der Waals surface area contributed by atoms with Crippen LogP contribution in [0.5, 0.6) is 0 Å². The standard InChI is InChI=1S/C11H12ClFN2O4/c12-7-5-6(1-2-8(7)13)14-11(19)15-9(3-4-16)10(17)18/h1-2,5,9,16H,3-4H2,(H,17,18)(H2,14,15,19). The highest BCUT2D eigenvalue weighted by Crippen LogP contribution is 2.19. The Bertz CT molecular complexity index is 484. The maximum atomic E-state index is 12.9. The van der Waals surface area contributed by atoms with Crippen LogP contribution < -0.4 is 10.6 Å². The number of carboxylic acids is 1. The molecular weight excluding hydrogens is 279 g/mol. The lowest BCUT2D eigenvalue weighted by atomic mass is 10.2. The largest absolute Gasteiger partial charge is 0.480 e. The Labute approximate surface area is 113 Å². The molecule has 0 saturated carbocycles. The summed E-state index contributed by atoms with van der Waals surface area (Å²) in [5.74, 6) is -1.89. The van der Waals surface area contributed by atoms with Gasteiger partial charge in [0.25, 0.3) is 0 Å². The lowest BCUT2D eigenvalue weighted by Crippen LogP contribution is -2.43. The summed E-state index contributed by atoms with van der Waals surface area (Å²) in [6, 6.07) is 1.55. The number of aliphatic hydroxyl groups is 1. The SMILES string of the molecule is O=C(Nc1ccc(F)c(Cl)c1)NC(CCO)C(=O)O. The Morgan fingerprint density at radius 3 is 2.63 bits per heavy atom. The van der Waals surface area contributed by atoms with E-state index in [-0.39, 0.29) is 23.7 Å². The van der Waals surface area contributed by atoms with E-state index >= 15 is 0 Å². The third kappa shape index (κ3) is 4.72. The van der Waals surface area contributed by atoms with Crippen LogP contribution in [0.15, 0.2) is 18.2 Å². The molecule has 104 valence electrons. The maximum Gasteiger partial charge on any atom is 0.326 e. The third-order valence-corrected chi connectivity index (χ3v) is 2.49. The molecule has 1 rings (SSSR count). The van der Waals surface area contributed by atoms with Gasteiger partial charge in [0, 0.05) is 18.7 Å². The van der Waals surface area contributed by atoms with Gasteiger partial charge < -0.3 is 20.8 Å². The number of benzene rings is 1. The first-order valence-electron chi connectivity index (χ1n) is 5.30. The minimum Gasteiger partial charge on any atom is -0.480 e. The van der Waals surface area contributed by atoms with Gasteiger partial charge in [-0.2, -0.15) is 0 Å². The van der Waals surface area contributed by atoms with Crippen molar-refractivity contribution in [3.05, 3.63) is 29.0 Å². The molecule has 2 amide bonds. The molecule has 1 aromatic rings. The van der Waals surface area contributed by atoms with E-state index in [1.165, 1.54) is 12.1 Å². The van der Waals surface area contributed by atoms with E-state index in [2.05, 4.69) is 10.6 Å². The van der Waals surface area contributed by atoms with Crippen molar-refractivity contribution in [2.45, 2.75) is 12.5 Å². The average molecular weight is 291 g/mol. The van der Waals surface area contributed by atoms with Gasteiger partial charge in [0.05, 0.1) is 5.02 Å². The first-order chi connectivity index (χ1) is 8.93. The average Bonchev–Trinajstić information content (AvgIpc) is 2.33. The highest BCUT2D eigenvalue weighted by molar-refractivity contribution is 6.31. The minimum atomic E-state index is -1.26. The number of hydrogen-bond donors (Lipinski definition) is 4. The molecule has 19 heavy (non-hydrogen) atoms. The number of halogens is 2. The zero-order chi connectivity index (χ0) is 14.4. The fourth-order valence-electron chi connectivity index (χ4n) is 1.29. The van der Waals surface area contributed by atoms with E-state index in [0.29, 0.717) is 0 Å². The van der Waals surface area contributed by atoms with E-state index in [0.717, 1.165) is 6.07 Å². The van der Waals surface area contributed by atoms with E-state index < -0.39 is 23.9 Å². The minimum absolute atomic E-state index is 0.118. The van der Waals surface area contributed by atoms with Crippen molar-refractivity contribution < 1.29 is 24.2 Å². The van der Waals surface area contributed by atoms with Gasteiger partial charge in [-0.15, -0.1) is 0 Å². The van der Waals surface area contributed by atoms with Crippen LogP contribution in [0.2, 0.25) is 5.02 Å². The second-order valence-corrected chi connectivity index (χ2v) is 4.04. The number of aliphatic carboxylic acids is 1. The molecule has 1 aromatic carbocycles. The number of hydrogen-bond acceptors (Lipinski definition) is 3. The quantitative estimate of drug-likeness (QED) is 0.659. The normalized spacial score (nSPS) is 11.7. The van der Waals surface area contributed by atoms with Gasteiger partial charge in [-0.05, 0) is 18.2 Å². The van der Waals surface area contributed by atoms with Crippen molar-refractivity contribution in [2.75, 3.05) is 11.9 Å². The van der Waals surface area contributed by atoms with Crippen LogP contribution >= 0.6 is 11.6 Å². The van der Waals surface area contributed by atoms with Crippen LogP contribution in [0.1, 0.15) is 6.42 Å². The predicted octanol–water partition coefficient (Wildman–Crippen LogP) is 1.44. The Balaban J connectivity index is 2.63. The van der Waals surface area contributed by atoms with Crippen molar-refractivity contribution in [3.8, 4) is 0 Å². The topological polar surface area (TPSA) is 98.7 Å². The number of urea groups is 1. The fourth-order valence-corrected chi connectivity index (χ4v) is 1.47. The van der Waals surface area contributed by atoms with E-state index in [1.54, 1.807) is 0 Å². The molecule has 0 aliphatic carbocycles. The summed E-state index contributed by atoms with van der Waals surface area (Å²) in [7, 11) is 0. The van der Waals surface area contributed by atoms with Crippen LogP contribution in [0.4, 0.5) is 14.9 Å². The van der Waals surface area contributed by atoms with Crippen molar-refractivity contribution in [1.29, 1.82) is 0 Å². The van der Waals surface area contributed by atoms with E-state index in [4.69, 9.17) is 21.8 Å². The summed E-state index contributed by atoms with van der Waals surface area (Å²) in [5.41, 5.74) is 0.219. The van der Waals surface area contributed by atoms with Gasteiger partial charge >= 0.3 is 12.0 Å². The molecular formula is C11H12ClFN2O4. The molecule has 8 heteroatoms. The molecule has 0 radical (unpaired) electrons. The third-order valence-electron chi connectivity index (χ3n) is 2.20. The highest BCUT2D eigenvalue weighted by atomic mass is 35.5. The fraction of sp³-hybridized carbons (Fsp3) is 0.273. The van der Waals surface area contributed by atoms with Gasteiger partial charge in [-0.1, -0.05) is 11.6 Å². The zero-order valence-corrected chi connectivity index (χ0v) is 10.4. The number of amides is 2. The summed E-state index contributed by atoms with van der Waals surface area (Å²) >= 11 is 5.53. The molecule has 0 aliphatic heterocycles. The molecule has 0 bridgehead atoms. The van der Waals surface area contributed by atoms with Crippen molar-refractivity contribution in [1.82, 2.24) is 5.32 Å². The predicted molar refractivity (Wildman–Crippen MR) is 66.7 cm³/mol. The second kappa shape index (κ2) is 6.91. The molecule has 0 fully saturated rings. The number of anilines is 1. The highest BCUT2D eigenvalue weighted by Gasteiger charge is 2.19. The molecule has 0 spiro atoms. The summed E-state index contributed by atoms with van der Waals surface area (Å²) < 4.78 is 12.9. The number of carbonyl (C=O) groups excluding carboxylic acids is 1. The monoisotopic (exact) mass is 290 g/mol. The van der Waals surface area contributed by atoms with Crippen LogP contribution in [0, 0.1) is 5.82 Å². The van der Waals surface area contributed by atoms with Gasteiger partial charge in [0.1, 0.15) is 11.9 Å². The second-order valence-electron chi connectivity index (χ2n) is 3.63. The number of carboxylic acid groups (broad SMARTS) is 1. The van der Waals surface area contributed by atoms with Crippen molar-refractivity contribution >= 4 is 29.3 Å². The van der Waals surface area contributed by atoms with Gasteiger partial charge in [-0.25, -0.2) is 14.0 Å². The number of aliphatic hydroxyl groups excluding tert-OH is 1. The Hall–Kier alpha value is -1.86. The van der Waals surface area contributed by atoms with Crippen LogP contribution in [-0.4, -0.2) is 34.9 Å². The molecule has 1 atom stereocenters. The lowest BCUT2D eigenvalue weighted by Gasteiger charge is -2.14. The smallest absolute Gasteiger partial charge is 0.326 e. The molecule has 0 saturated heterocycles. The van der Waals surface area contributed by atoms with Gasteiger partial charge in [0.15, 0.2) is 0 Å². The Kier molecular flexibility index (Phi) is 5.53. The molecule has 6 nitrogen and oxygen atoms in total. The number of nitrogens with one attached hydrogen (secondary N) is 2. The first-order valence-corrected chi connectivity index (χ1v) is 5.68.